The van der Waals surface area contributed by atoms with Gasteiger partial charge in [0.1, 0.15) is 5.75 Å². The lowest BCUT2D eigenvalue weighted by atomic mass is 10.0. The Kier molecular flexibility index (Phi) is 3.49. The minimum absolute atomic E-state index is 0.181. The van der Waals surface area contributed by atoms with Gasteiger partial charge in [-0.05, 0) is 56.4 Å². The number of hydrogen-bond acceptors (Lipinski definition) is 2. The topological polar surface area (TPSA) is 29.5 Å². The normalized spacial score (nSPS) is 20.4. The highest BCUT2D eigenvalue weighted by atomic mass is 16.5. The molecule has 2 heteroatoms. The van der Waals surface area contributed by atoms with Crippen molar-refractivity contribution >= 4 is 0 Å². The van der Waals surface area contributed by atoms with Crippen LogP contribution in [-0.2, 0) is 6.42 Å². The summed E-state index contributed by atoms with van der Waals surface area (Å²) in [6.45, 7) is 4.03. The molecule has 0 aliphatic heterocycles. The third kappa shape index (κ3) is 2.56. The molecule has 0 spiro atoms. The molecule has 0 aromatic heterocycles. The van der Waals surface area contributed by atoms with Crippen LogP contribution in [0.5, 0.6) is 5.75 Å². The smallest absolute Gasteiger partial charge is 0.120 e. The third-order valence-electron chi connectivity index (χ3n) is 3.02. The molecule has 0 amide bonds. The first-order valence-electron chi connectivity index (χ1n) is 6.14. The molecule has 1 unspecified atom stereocenters. The number of fused-ring (bicyclic) bond motifs is 1. The Morgan fingerprint density at radius 3 is 2.88 bits per heavy atom. The van der Waals surface area contributed by atoms with Gasteiger partial charge in [0.25, 0.3) is 0 Å². The number of rotatable bonds is 2. The van der Waals surface area contributed by atoms with Crippen molar-refractivity contribution in [2.75, 3.05) is 0 Å². The van der Waals surface area contributed by atoms with E-state index in [2.05, 4.69) is 6.07 Å². The molecule has 1 aliphatic rings. The van der Waals surface area contributed by atoms with Crippen LogP contribution in [0, 0.1) is 0 Å². The van der Waals surface area contributed by atoms with E-state index in [-0.39, 0.29) is 12.2 Å². The molecule has 0 bridgehead atoms. The van der Waals surface area contributed by atoms with E-state index in [4.69, 9.17) is 4.74 Å². The van der Waals surface area contributed by atoms with E-state index in [9.17, 15) is 5.11 Å². The highest BCUT2D eigenvalue weighted by molar-refractivity contribution is 5.37. The maximum atomic E-state index is 10.0. The average Bonchev–Trinajstić information content (AvgIpc) is 2.41. The summed E-state index contributed by atoms with van der Waals surface area (Å²) in [6, 6.07) is 6.11. The van der Waals surface area contributed by atoms with Crippen molar-refractivity contribution in [1.29, 1.82) is 0 Å². The van der Waals surface area contributed by atoms with Gasteiger partial charge in [-0.15, -0.1) is 0 Å². The molecule has 0 fully saturated rings. The summed E-state index contributed by atoms with van der Waals surface area (Å²) < 4.78 is 5.66. The van der Waals surface area contributed by atoms with Crippen LogP contribution in [0.3, 0.4) is 0 Å². The van der Waals surface area contributed by atoms with Gasteiger partial charge < -0.3 is 9.84 Å². The number of hydrogen-bond donors (Lipinski definition) is 1. The van der Waals surface area contributed by atoms with Gasteiger partial charge in [-0.1, -0.05) is 12.5 Å². The molecule has 0 heterocycles. The van der Waals surface area contributed by atoms with Gasteiger partial charge in [0, 0.05) is 0 Å². The van der Waals surface area contributed by atoms with Crippen LogP contribution < -0.4 is 4.74 Å². The number of aliphatic hydroxyl groups is 1. The van der Waals surface area contributed by atoms with E-state index in [1.165, 1.54) is 12.0 Å². The Hall–Kier alpha value is -1.02. The van der Waals surface area contributed by atoms with Crippen LogP contribution in [0.15, 0.2) is 18.2 Å². The summed E-state index contributed by atoms with van der Waals surface area (Å²) in [6.07, 6.45) is 4.10. The van der Waals surface area contributed by atoms with Crippen LogP contribution >= 0.6 is 0 Å². The summed E-state index contributed by atoms with van der Waals surface area (Å²) in [5, 5.41) is 10.0. The molecule has 1 N–H and O–H groups in total. The van der Waals surface area contributed by atoms with Crippen LogP contribution in [0.2, 0.25) is 0 Å². The molecule has 88 valence electrons. The number of aryl methyl sites for hydroxylation is 1. The molecule has 1 atom stereocenters. The first-order chi connectivity index (χ1) is 7.66. The fraction of sp³-hybridized carbons (Fsp3) is 0.571. The average molecular weight is 220 g/mol. The number of benzene rings is 1. The summed E-state index contributed by atoms with van der Waals surface area (Å²) in [7, 11) is 0. The SMILES string of the molecule is CC(C)Oc1ccc2c(c1)C(O)CCCC2. The van der Waals surface area contributed by atoms with E-state index in [0.717, 1.165) is 30.6 Å². The van der Waals surface area contributed by atoms with Crippen LogP contribution in [-0.4, -0.2) is 11.2 Å². The molecular weight excluding hydrogens is 200 g/mol. The molecule has 0 radical (unpaired) electrons. The fourth-order valence-electron chi connectivity index (χ4n) is 2.27. The quantitative estimate of drug-likeness (QED) is 0.775. The van der Waals surface area contributed by atoms with Crippen molar-refractivity contribution in [2.45, 2.75) is 51.7 Å². The number of ether oxygens (including phenoxy) is 1. The second-order valence-electron chi connectivity index (χ2n) is 4.79. The monoisotopic (exact) mass is 220 g/mol. The molecule has 2 nitrogen and oxygen atoms in total. The second kappa shape index (κ2) is 4.88. The second-order valence-corrected chi connectivity index (χ2v) is 4.79. The summed E-state index contributed by atoms with van der Waals surface area (Å²) in [5.41, 5.74) is 2.34. The van der Waals surface area contributed by atoms with Crippen LogP contribution in [0.1, 0.15) is 50.3 Å². The van der Waals surface area contributed by atoms with Crippen LogP contribution in [0.4, 0.5) is 0 Å². The Labute approximate surface area is 97.3 Å². The molecule has 1 aromatic carbocycles. The van der Waals surface area contributed by atoms with Crippen molar-refractivity contribution in [1.82, 2.24) is 0 Å². The Morgan fingerprint density at radius 2 is 2.12 bits per heavy atom. The van der Waals surface area contributed by atoms with E-state index < -0.39 is 0 Å². The van der Waals surface area contributed by atoms with Gasteiger partial charge in [-0.25, -0.2) is 0 Å². The minimum atomic E-state index is -0.312. The minimum Gasteiger partial charge on any atom is -0.491 e. The van der Waals surface area contributed by atoms with E-state index >= 15 is 0 Å². The standard InChI is InChI=1S/C14H20O2/c1-10(2)16-12-8-7-11-5-3-4-6-14(15)13(11)9-12/h7-10,14-15H,3-6H2,1-2H3. The molecular formula is C14H20O2. The first-order valence-corrected chi connectivity index (χ1v) is 6.14. The van der Waals surface area contributed by atoms with Crippen molar-refractivity contribution in [3.8, 4) is 5.75 Å². The van der Waals surface area contributed by atoms with Gasteiger partial charge >= 0.3 is 0 Å². The van der Waals surface area contributed by atoms with Gasteiger partial charge in [0.05, 0.1) is 12.2 Å². The maximum Gasteiger partial charge on any atom is 0.120 e. The summed E-state index contributed by atoms with van der Waals surface area (Å²) in [5.74, 6) is 0.870. The third-order valence-corrected chi connectivity index (χ3v) is 3.02. The zero-order chi connectivity index (χ0) is 11.5. The van der Waals surface area contributed by atoms with Gasteiger partial charge in [-0.3, -0.25) is 0 Å². The highest BCUT2D eigenvalue weighted by Gasteiger charge is 2.17. The molecule has 1 aromatic rings. The number of aliphatic hydroxyl groups excluding tert-OH is 1. The maximum absolute atomic E-state index is 10.0. The van der Waals surface area contributed by atoms with Gasteiger partial charge in [0.15, 0.2) is 0 Å². The summed E-state index contributed by atoms with van der Waals surface area (Å²) >= 11 is 0. The zero-order valence-electron chi connectivity index (χ0n) is 10.1. The molecule has 0 saturated carbocycles. The van der Waals surface area contributed by atoms with E-state index in [0.29, 0.717) is 0 Å². The van der Waals surface area contributed by atoms with Gasteiger partial charge in [0.2, 0.25) is 0 Å². The molecule has 1 aliphatic carbocycles. The van der Waals surface area contributed by atoms with Crippen LogP contribution in [0.25, 0.3) is 0 Å². The fourth-order valence-corrected chi connectivity index (χ4v) is 2.27. The molecule has 0 saturated heterocycles. The first kappa shape index (κ1) is 11.5. The highest BCUT2D eigenvalue weighted by Crippen LogP contribution is 2.31. The Morgan fingerprint density at radius 1 is 1.31 bits per heavy atom. The predicted molar refractivity (Wildman–Crippen MR) is 64.7 cm³/mol. The zero-order valence-corrected chi connectivity index (χ0v) is 10.1. The van der Waals surface area contributed by atoms with Gasteiger partial charge in [-0.2, -0.15) is 0 Å². The lowest BCUT2D eigenvalue weighted by molar-refractivity contribution is 0.165. The molecule has 16 heavy (non-hydrogen) atoms. The van der Waals surface area contributed by atoms with E-state index in [1.54, 1.807) is 0 Å². The van der Waals surface area contributed by atoms with Crippen molar-refractivity contribution in [3.63, 3.8) is 0 Å². The van der Waals surface area contributed by atoms with Crippen molar-refractivity contribution in [2.24, 2.45) is 0 Å². The molecule has 2 rings (SSSR count). The summed E-state index contributed by atoms with van der Waals surface area (Å²) in [4.78, 5) is 0. The Balaban J connectivity index is 2.28. The predicted octanol–water partition coefficient (Wildman–Crippen LogP) is 3.23. The van der Waals surface area contributed by atoms with Crippen molar-refractivity contribution < 1.29 is 9.84 Å². The Bertz CT molecular complexity index is 358. The largest absolute Gasteiger partial charge is 0.491 e. The lowest BCUT2D eigenvalue weighted by Gasteiger charge is -2.15. The lowest BCUT2D eigenvalue weighted by Crippen LogP contribution is -2.07. The van der Waals surface area contributed by atoms with Crippen molar-refractivity contribution in [3.05, 3.63) is 29.3 Å². The van der Waals surface area contributed by atoms with E-state index in [1.807, 2.05) is 26.0 Å².